The molecule has 1 N–H and O–H groups in total. The summed E-state index contributed by atoms with van der Waals surface area (Å²) < 4.78 is 8.57. The van der Waals surface area contributed by atoms with E-state index < -0.39 is 11.1 Å². The van der Waals surface area contributed by atoms with Crippen molar-refractivity contribution in [2.75, 3.05) is 30.4 Å². The molecule has 31 heavy (non-hydrogen) atoms. The van der Waals surface area contributed by atoms with Crippen LogP contribution in [-0.2, 0) is 14.1 Å². The maximum absolute atomic E-state index is 13.1. The fraction of sp³-hybridized carbons (Fsp3) is 0.318. The minimum atomic E-state index is -0.614. The number of nitrogens with one attached hydrogen (secondary N) is 1. The van der Waals surface area contributed by atoms with Gasteiger partial charge in [-0.2, -0.15) is 0 Å². The highest BCUT2D eigenvalue weighted by Crippen LogP contribution is 2.34. The summed E-state index contributed by atoms with van der Waals surface area (Å²) in [5.74, 6) is 0.268. The van der Waals surface area contributed by atoms with Gasteiger partial charge in [0, 0.05) is 31.7 Å². The predicted octanol–water partition coefficient (Wildman–Crippen LogP) is 2.86. The molecule has 1 aliphatic rings. The number of hydrogen-bond acceptors (Lipinski definition) is 5. The third-order valence-corrected chi connectivity index (χ3v) is 6.41. The third-order valence-electron chi connectivity index (χ3n) is 5.72. The lowest BCUT2D eigenvalue weighted by Gasteiger charge is -2.23. The molecule has 0 spiro atoms. The van der Waals surface area contributed by atoms with Crippen molar-refractivity contribution in [2.45, 2.75) is 12.8 Å². The van der Waals surface area contributed by atoms with Gasteiger partial charge in [0.05, 0.1) is 35.1 Å². The number of fused-ring (bicyclic) bond motifs is 1. The molecule has 162 valence electrons. The summed E-state index contributed by atoms with van der Waals surface area (Å²) in [5.41, 5.74) is 1.84. The summed E-state index contributed by atoms with van der Waals surface area (Å²) in [4.78, 5) is 40.0. The average molecular weight is 487 g/mol. The number of carbonyl (C=O) groups excluding carboxylic acids is 1. The van der Waals surface area contributed by atoms with Crippen molar-refractivity contribution in [3.05, 3.63) is 61.1 Å². The van der Waals surface area contributed by atoms with Crippen LogP contribution in [0.2, 0.25) is 0 Å². The van der Waals surface area contributed by atoms with Crippen LogP contribution >= 0.6 is 15.9 Å². The van der Waals surface area contributed by atoms with Crippen molar-refractivity contribution < 1.29 is 9.53 Å². The van der Waals surface area contributed by atoms with Crippen LogP contribution in [0.15, 0.2) is 44.4 Å². The fourth-order valence-corrected chi connectivity index (χ4v) is 4.35. The van der Waals surface area contributed by atoms with E-state index in [2.05, 4.69) is 26.1 Å². The standard InChI is InChI=1S/C22H23BrN4O4/c1-25-18-11-16(24-20(28)14-10-13(31-3)6-7-15(14)23)17(27-8-4-5-9-27)12-19(18)26(2)22(30)21(25)29/h6-7,10-12H,4-5,8-9H2,1-3H3,(H,24,28). The molecule has 1 aromatic heterocycles. The quantitative estimate of drug-likeness (QED) is 0.573. The molecule has 1 aliphatic heterocycles. The van der Waals surface area contributed by atoms with E-state index in [0.29, 0.717) is 32.5 Å². The van der Waals surface area contributed by atoms with E-state index in [0.717, 1.165) is 31.6 Å². The fourth-order valence-electron chi connectivity index (χ4n) is 3.92. The molecule has 2 heterocycles. The van der Waals surface area contributed by atoms with Crippen LogP contribution in [0.1, 0.15) is 23.2 Å². The topological polar surface area (TPSA) is 85.6 Å². The smallest absolute Gasteiger partial charge is 0.316 e. The molecule has 0 atom stereocenters. The first kappa shape index (κ1) is 21.2. The molecule has 0 bridgehead atoms. The van der Waals surface area contributed by atoms with Crippen LogP contribution in [0.5, 0.6) is 5.75 Å². The summed E-state index contributed by atoms with van der Waals surface area (Å²) in [6.45, 7) is 1.72. The highest BCUT2D eigenvalue weighted by Gasteiger charge is 2.21. The number of aromatic nitrogens is 2. The van der Waals surface area contributed by atoms with Gasteiger partial charge >= 0.3 is 11.1 Å². The highest BCUT2D eigenvalue weighted by atomic mass is 79.9. The summed E-state index contributed by atoms with van der Waals surface area (Å²) in [6.07, 6.45) is 2.11. The number of halogens is 1. The number of hydrogen-bond donors (Lipinski definition) is 1. The first-order chi connectivity index (χ1) is 14.8. The zero-order chi connectivity index (χ0) is 22.3. The zero-order valence-corrected chi connectivity index (χ0v) is 19.2. The van der Waals surface area contributed by atoms with Gasteiger partial charge in [0.1, 0.15) is 5.75 Å². The Kier molecular flexibility index (Phi) is 5.62. The van der Waals surface area contributed by atoms with E-state index in [1.54, 1.807) is 45.5 Å². The lowest BCUT2D eigenvalue weighted by atomic mass is 10.1. The number of anilines is 2. The summed E-state index contributed by atoms with van der Waals surface area (Å²) in [6, 6.07) is 8.82. The number of nitrogens with zero attached hydrogens (tertiary/aromatic N) is 3. The zero-order valence-electron chi connectivity index (χ0n) is 17.6. The van der Waals surface area contributed by atoms with Crippen LogP contribution in [0.25, 0.3) is 11.0 Å². The van der Waals surface area contributed by atoms with Gasteiger partial charge in [0.15, 0.2) is 0 Å². The second-order valence-corrected chi connectivity index (χ2v) is 8.43. The largest absolute Gasteiger partial charge is 0.497 e. The Morgan fingerprint density at radius 3 is 2.23 bits per heavy atom. The van der Waals surface area contributed by atoms with Crippen LogP contribution in [0.3, 0.4) is 0 Å². The lowest BCUT2D eigenvalue weighted by Crippen LogP contribution is -2.39. The number of carbonyl (C=O) groups is 1. The van der Waals surface area contributed by atoms with Crippen LogP contribution in [-0.4, -0.2) is 35.2 Å². The Bertz CT molecular complexity index is 1310. The summed E-state index contributed by atoms with van der Waals surface area (Å²) in [5, 5.41) is 3.00. The average Bonchev–Trinajstić information content (AvgIpc) is 3.31. The Labute approximate surface area is 187 Å². The van der Waals surface area contributed by atoms with Gasteiger partial charge in [-0.25, -0.2) is 0 Å². The molecule has 0 saturated carbocycles. The molecular weight excluding hydrogens is 464 g/mol. The predicted molar refractivity (Wildman–Crippen MR) is 125 cm³/mol. The number of rotatable bonds is 4. The molecule has 8 nitrogen and oxygen atoms in total. The number of benzene rings is 2. The third kappa shape index (κ3) is 3.74. The molecule has 1 amide bonds. The van der Waals surface area contributed by atoms with E-state index in [4.69, 9.17) is 4.74 Å². The summed E-state index contributed by atoms with van der Waals surface area (Å²) in [7, 11) is 4.70. The molecule has 9 heteroatoms. The molecule has 4 rings (SSSR count). The minimum absolute atomic E-state index is 0.305. The second-order valence-electron chi connectivity index (χ2n) is 7.58. The minimum Gasteiger partial charge on any atom is -0.497 e. The van der Waals surface area contributed by atoms with E-state index in [-0.39, 0.29) is 5.91 Å². The van der Waals surface area contributed by atoms with E-state index in [1.165, 1.54) is 9.13 Å². The van der Waals surface area contributed by atoms with Crippen molar-refractivity contribution in [3.63, 3.8) is 0 Å². The molecule has 1 saturated heterocycles. The number of amides is 1. The molecule has 2 aromatic carbocycles. The Morgan fingerprint density at radius 2 is 1.61 bits per heavy atom. The molecule has 3 aromatic rings. The number of ether oxygens (including phenoxy) is 1. The Hall–Kier alpha value is -3.07. The SMILES string of the molecule is COc1ccc(Br)c(C(=O)Nc2cc3c(cc2N2CCCC2)n(C)c(=O)c(=O)n3C)c1. The van der Waals surface area contributed by atoms with Gasteiger partial charge in [0.25, 0.3) is 5.91 Å². The maximum atomic E-state index is 13.1. The molecule has 0 radical (unpaired) electrons. The van der Waals surface area contributed by atoms with E-state index in [1.807, 2.05) is 6.07 Å². The van der Waals surface area contributed by atoms with Gasteiger partial charge in [-0.1, -0.05) is 0 Å². The number of methoxy groups -OCH3 is 1. The van der Waals surface area contributed by atoms with Gasteiger partial charge in [-0.3, -0.25) is 14.4 Å². The normalized spacial score (nSPS) is 13.6. The number of aryl methyl sites for hydroxylation is 2. The lowest BCUT2D eigenvalue weighted by molar-refractivity contribution is 0.102. The molecule has 0 unspecified atom stereocenters. The highest BCUT2D eigenvalue weighted by molar-refractivity contribution is 9.10. The summed E-state index contributed by atoms with van der Waals surface area (Å²) >= 11 is 3.43. The second kappa shape index (κ2) is 8.22. The Morgan fingerprint density at radius 1 is 1.00 bits per heavy atom. The monoisotopic (exact) mass is 486 g/mol. The molecular formula is C22H23BrN4O4. The van der Waals surface area contributed by atoms with Gasteiger partial charge in [-0.15, -0.1) is 0 Å². The Balaban J connectivity index is 1.88. The molecule has 0 aliphatic carbocycles. The van der Waals surface area contributed by atoms with Gasteiger partial charge < -0.3 is 24.1 Å². The molecule has 1 fully saturated rings. The first-order valence-electron chi connectivity index (χ1n) is 9.95. The van der Waals surface area contributed by atoms with Crippen molar-refractivity contribution in [1.82, 2.24) is 9.13 Å². The van der Waals surface area contributed by atoms with Crippen LogP contribution in [0.4, 0.5) is 11.4 Å². The van der Waals surface area contributed by atoms with Crippen molar-refractivity contribution in [2.24, 2.45) is 14.1 Å². The van der Waals surface area contributed by atoms with Gasteiger partial charge in [-0.05, 0) is 59.1 Å². The van der Waals surface area contributed by atoms with Crippen molar-refractivity contribution in [1.29, 1.82) is 0 Å². The van der Waals surface area contributed by atoms with E-state index >= 15 is 0 Å². The van der Waals surface area contributed by atoms with Crippen LogP contribution < -0.4 is 26.1 Å². The first-order valence-corrected chi connectivity index (χ1v) is 10.7. The maximum Gasteiger partial charge on any atom is 0.316 e. The van der Waals surface area contributed by atoms with Crippen molar-refractivity contribution in [3.8, 4) is 5.75 Å². The van der Waals surface area contributed by atoms with Crippen molar-refractivity contribution >= 4 is 44.2 Å². The van der Waals surface area contributed by atoms with Crippen LogP contribution in [0, 0.1) is 0 Å². The van der Waals surface area contributed by atoms with Gasteiger partial charge in [0.2, 0.25) is 0 Å². The van der Waals surface area contributed by atoms with E-state index in [9.17, 15) is 14.4 Å².